The first-order valence-corrected chi connectivity index (χ1v) is 8.51. The molecule has 1 heterocycles. The number of fused-ring (bicyclic) bond motifs is 1. The Hall–Kier alpha value is -1.90. The number of hydrogen-bond acceptors (Lipinski definition) is 3. The van der Waals surface area contributed by atoms with Gasteiger partial charge in [0, 0.05) is 5.02 Å². The van der Waals surface area contributed by atoms with Crippen molar-refractivity contribution < 1.29 is 53.1 Å². The molecule has 1 N–H and O–H groups in total. The van der Waals surface area contributed by atoms with Gasteiger partial charge in [-0.2, -0.15) is 43.9 Å². The molecule has 166 valence electrons. The van der Waals surface area contributed by atoms with E-state index in [9.17, 15) is 53.1 Å². The molecule has 0 spiro atoms. The van der Waals surface area contributed by atoms with E-state index < -0.39 is 46.3 Å². The first kappa shape index (κ1) is 22.8. The van der Waals surface area contributed by atoms with Crippen molar-refractivity contribution in [1.29, 1.82) is 0 Å². The van der Waals surface area contributed by atoms with E-state index in [1.165, 1.54) is 18.2 Å². The van der Waals surface area contributed by atoms with Crippen LogP contribution in [0, 0.1) is 0 Å². The van der Waals surface area contributed by atoms with Gasteiger partial charge in [-0.1, -0.05) is 22.9 Å². The summed E-state index contributed by atoms with van der Waals surface area (Å²) in [5.41, 5.74) is -6.83. The van der Waals surface area contributed by atoms with Gasteiger partial charge in [-0.25, -0.2) is 9.37 Å². The van der Waals surface area contributed by atoms with Gasteiger partial charge in [0.05, 0.1) is 10.2 Å². The van der Waals surface area contributed by atoms with Crippen molar-refractivity contribution in [3.63, 3.8) is 0 Å². The second-order valence-corrected chi connectivity index (χ2v) is 7.58. The zero-order valence-corrected chi connectivity index (χ0v) is 15.1. The molecule has 0 unspecified atom stereocenters. The third kappa shape index (κ3) is 2.38. The van der Waals surface area contributed by atoms with Crippen LogP contribution in [0.3, 0.4) is 0 Å². The number of anilines is 1. The topological polar surface area (TPSA) is 42.0 Å². The number of nitrogens with zero attached hydrogens (tertiary/aromatic N) is 1. The quantitative estimate of drug-likeness (QED) is 0.540. The van der Waals surface area contributed by atoms with Crippen molar-refractivity contribution in [2.45, 2.75) is 35.3 Å². The number of hydrogen-bond donors (Lipinski definition) is 1. The molecule has 0 atom stereocenters. The summed E-state index contributed by atoms with van der Waals surface area (Å²) in [6.45, 7) is 0. The lowest BCUT2D eigenvalue weighted by molar-refractivity contribution is -0.475. The summed E-state index contributed by atoms with van der Waals surface area (Å²) in [5, 5.41) is 0.0815. The lowest BCUT2D eigenvalue weighted by atomic mass is 9.71. The standard InChI is InChI=1S/C14H4ClF11N2OS/c15-4-1-2-5-6(3-4)30-8(27-5)28-7(29)9(16)10(17,18)12(21,22)14(25,26)13(23,24)11(9,19)20/h1-3H,(H,27,28,29). The molecule has 0 aliphatic heterocycles. The highest BCUT2D eigenvalue weighted by Gasteiger charge is 3.02. The third-order valence-electron chi connectivity index (χ3n) is 4.33. The molecule has 30 heavy (non-hydrogen) atoms. The minimum atomic E-state index is -7.39. The smallest absolute Gasteiger partial charge is 0.299 e. The lowest BCUT2D eigenvalue weighted by Gasteiger charge is -2.51. The summed E-state index contributed by atoms with van der Waals surface area (Å²) in [6, 6.07) is 3.57. The number of benzene rings is 1. The van der Waals surface area contributed by atoms with Gasteiger partial charge in [-0.05, 0) is 18.2 Å². The lowest BCUT2D eigenvalue weighted by Crippen LogP contribution is -2.86. The van der Waals surface area contributed by atoms with Crippen molar-refractivity contribution in [3.05, 3.63) is 23.2 Å². The number of carbonyl (C=O) groups excluding carboxylic acids is 1. The fraction of sp³-hybridized carbons (Fsp3) is 0.429. The van der Waals surface area contributed by atoms with E-state index in [0.29, 0.717) is 11.3 Å². The minimum Gasteiger partial charge on any atom is -0.299 e. The van der Waals surface area contributed by atoms with Gasteiger partial charge < -0.3 is 0 Å². The van der Waals surface area contributed by atoms with E-state index in [1.54, 1.807) is 0 Å². The number of rotatable bonds is 2. The van der Waals surface area contributed by atoms with E-state index >= 15 is 0 Å². The first-order valence-electron chi connectivity index (χ1n) is 7.32. The molecule has 1 fully saturated rings. The Morgan fingerprint density at radius 3 is 1.80 bits per heavy atom. The second kappa shape index (κ2) is 6.08. The van der Waals surface area contributed by atoms with Crippen LogP contribution in [0.25, 0.3) is 10.2 Å². The Bertz CT molecular complexity index is 1010. The number of nitrogens with one attached hydrogen (secondary N) is 1. The van der Waals surface area contributed by atoms with E-state index in [0.717, 1.165) is 5.32 Å². The molecular weight excluding hydrogens is 489 g/mol. The molecule has 3 rings (SSSR count). The Labute approximate surface area is 166 Å². The summed E-state index contributed by atoms with van der Waals surface area (Å²) in [7, 11) is 0. The van der Waals surface area contributed by atoms with Gasteiger partial charge in [0.2, 0.25) is 0 Å². The monoisotopic (exact) mass is 492 g/mol. The van der Waals surface area contributed by atoms with Crippen LogP contribution in [0.15, 0.2) is 18.2 Å². The highest BCUT2D eigenvalue weighted by atomic mass is 35.5. The molecular formula is C14H4ClF11N2OS. The first-order chi connectivity index (χ1) is 13.4. The minimum absolute atomic E-state index is 0.0584. The average molecular weight is 493 g/mol. The number of thiazole rings is 1. The largest absolute Gasteiger partial charge is 0.384 e. The van der Waals surface area contributed by atoms with Crippen molar-refractivity contribution in [2.24, 2.45) is 0 Å². The number of carbonyl (C=O) groups is 1. The maximum absolute atomic E-state index is 14.6. The van der Waals surface area contributed by atoms with E-state index in [4.69, 9.17) is 11.6 Å². The summed E-state index contributed by atoms with van der Waals surface area (Å²) < 4.78 is 150. The van der Waals surface area contributed by atoms with Crippen molar-refractivity contribution in [2.75, 3.05) is 5.32 Å². The summed E-state index contributed by atoms with van der Waals surface area (Å²) in [6.07, 6.45) is 0. The average Bonchev–Trinajstić information content (AvgIpc) is 3.00. The Morgan fingerprint density at radius 2 is 1.30 bits per heavy atom. The highest BCUT2D eigenvalue weighted by Crippen LogP contribution is 2.69. The summed E-state index contributed by atoms with van der Waals surface area (Å²) >= 11 is 5.93. The van der Waals surface area contributed by atoms with Gasteiger partial charge in [0.15, 0.2) is 5.13 Å². The molecule has 0 bridgehead atoms. The van der Waals surface area contributed by atoms with Gasteiger partial charge in [0.1, 0.15) is 0 Å². The van der Waals surface area contributed by atoms with Crippen LogP contribution in [-0.2, 0) is 4.79 Å². The van der Waals surface area contributed by atoms with Crippen LogP contribution in [0.1, 0.15) is 0 Å². The second-order valence-electron chi connectivity index (χ2n) is 6.12. The van der Waals surface area contributed by atoms with Crippen LogP contribution in [0.2, 0.25) is 5.02 Å². The third-order valence-corrected chi connectivity index (χ3v) is 5.50. The van der Waals surface area contributed by atoms with Crippen LogP contribution in [0.5, 0.6) is 0 Å². The van der Waals surface area contributed by atoms with Gasteiger partial charge in [-0.15, -0.1) is 0 Å². The Kier molecular flexibility index (Phi) is 4.62. The normalized spacial score (nSPS) is 25.1. The molecule has 1 aromatic heterocycles. The van der Waals surface area contributed by atoms with E-state index in [1.807, 2.05) is 0 Å². The molecule has 0 saturated heterocycles. The number of aromatic nitrogens is 1. The van der Waals surface area contributed by atoms with Gasteiger partial charge in [-0.3, -0.25) is 10.1 Å². The van der Waals surface area contributed by atoms with E-state index in [-0.39, 0.29) is 15.2 Å². The van der Waals surface area contributed by atoms with Gasteiger partial charge >= 0.3 is 35.3 Å². The fourth-order valence-electron chi connectivity index (χ4n) is 2.64. The van der Waals surface area contributed by atoms with Crippen molar-refractivity contribution in [3.8, 4) is 0 Å². The maximum Gasteiger partial charge on any atom is 0.384 e. The number of alkyl halides is 11. The fourth-order valence-corrected chi connectivity index (χ4v) is 3.78. The van der Waals surface area contributed by atoms with Crippen LogP contribution in [-0.4, -0.2) is 46.2 Å². The Balaban J connectivity index is 2.13. The predicted molar refractivity (Wildman–Crippen MR) is 81.8 cm³/mol. The molecule has 1 amide bonds. The summed E-state index contributed by atoms with van der Waals surface area (Å²) in [5.74, 6) is -40.0. The highest BCUT2D eigenvalue weighted by molar-refractivity contribution is 7.22. The molecule has 1 saturated carbocycles. The van der Waals surface area contributed by atoms with Crippen molar-refractivity contribution in [1.82, 2.24) is 4.98 Å². The van der Waals surface area contributed by atoms with E-state index in [2.05, 4.69) is 4.98 Å². The van der Waals surface area contributed by atoms with Gasteiger partial charge in [0.25, 0.3) is 5.91 Å². The van der Waals surface area contributed by atoms with Crippen LogP contribution >= 0.6 is 22.9 Å². The molecule has 1 aliphatic carbocycles. The van der Waals surface area contributed by atoms with Crippen molar-refractivity contribution >= 4 is 44.2 Å². The maximum atomic E-state index is 14.6. The Morgan fingerprint density at radius 1 is 0.833 bits per heavy atom. The number of halogens is 12. The molecule has 2 aromatic rings. The molecule has 1 aliphatic rings. The summed E-state index contributed by atoms with van der Waals surface area (Å²) in [4.78, 5) is 15.3. The zero-order chi connectivity index (χ0) is 23.1. The molecule has 1 aromatic carbocycles. The molecule has 0 radical (unpaired) electrons. The number of amides is 1. The predicted octanol–water partition coefficient (Wildman–Crippen LogP) is 5.79. The van der Waals surface area contributed by atoms with Crippen LogP contribution < -0.4 is 5.32 Å². The zero-order valence-electron chi connectivity index (χ0n) is 13.5. The molecule has 16 heteroatoms. The molecule has 3 nitrogen and oxygen atoms in total. The van der Waals surface area contributed by atoms with Crippen LogP contribution in [0.4, 0.5) is 53.4 Å². The SMILES string of the molecule is O=C(Nc1nc2ccc(Cl)cc2s1)C1(F)C(F)(F)C(F)(F)C(F)(F)C(F)(F)C1(F)F.